The Kier molecular flexibility index (Phi) is 4.53. The first-order valence-electron chi connectivity index (χ1n) is 8.24. The summed E-state index contributed by atoms with van der Waals surface area (Å²) >= 11 is 1.62. The van der Waals surface area contributed by atoms with Crippen LogP contribution in [0.2, 0.25) is 0 Å². The Balaban J connectivity index is 1.79. The largest absolute Gasteiger partial charge is 0.456 e. The Hall–Kier alpha value is -2.21. The molecule has 1 aromatic heterocycles. The fourth-order valence-corrected chi connectivity index (χ4v) is 4.07. The van der Waals surface area contributed by atoms with Crippen LogP contribution in [0.5, 0.6) is 11.5 Å². The maximum Gasteiger partial charge on any atom is 0.136 e. The molecule has 128 valence electrons. The van der Waals surface area contributed by atoms with E-state index < -0.39 is 0 Å². The van der Waals surface area contributed by atoms with E-state index in [0.717, 1.165) is 38.6 Å². The summed E-state index contributed by atoms with van der Waals surface area (Å²) in [5.41, 5.74) is 8.35. The van der Waals surface area contributed by atoms with Gasteiger partial charge in [0.1, 0.15) is 17.3 Å². The van der Waals surface area contributed by atoms with Crippen molar-refractivity contribution in [1.29, 1.82) is 0 Å². The highest BCUT2D eigenvalue weighted by molar-refractivity contribution is 7.16. The Morgan fingerprint density at radius 2 is 1.84 bits per heavy atom. The highest BCUT2D eigenvalue weighted by Crippen LogP contribution is 2.50. The molecule has 0 amide bonds. The molecule has 3 nitrogen and oxygen atoms in total. The van der Waals surface area contributed by atoms with E-state index in [0.29, 0.717) is 25.5 Å². The van der Waals surface area contributed by atoms with Crippen molar-refractivity contribution in [2.75, 3.05) is 13.2 Å². The minimum absolute atomic E-state index is 0.270. The molecule has 0 saturated heterocycles. The molecule has 3 aromatic rings. The van der Waals surface area contributed by atoms with Gasteiger partial charge in [0.25, 0.3) is 0 Å². The maximum atomic E-state index is 13.9. The lowest BCUT2D eigenvalue weighted by Crippen LogP contribution is -2.03. The Bertz CT molecular complexity index is 906. The summed E-state index contributed by atoms with van der Waals surface area (Å²) in [7, 11) is 0. The van der Waals surface area contributed by atoms with Gasteiger partial charge in [-0.15, -0.1) is 11.3 Å². The standard InChI is InChI=1S/C20H18FNO2S/c21-13-6-7-19-17(10-13)20-16(15-4-1-2-5-18(15)24-19)11-14(25-20)12-23-9-3-8-22/h1-2,4-7,10-11H,3,8-9,12,22H2. The second-order valence-electron chi connectivity index (χ2n) is 5.89. The highest BCUT2D eigenvalue weighted by atomic mass is 32.1. The Morgan fingerprint density at radius 1 is 1.00 bits per heavy atom. The zero-order valence-corrected chi connectivity index (χ0v) is 14.4. The van der Waals surface area contributed by atoms with Crippen LogP contribution in [-0.4, -0.2) is 13.2 Å². The minimum atomic E-state index is -0.270. The number of hydrogen-bond acceptors (Lipinski definition) is 4. The van der Waals surface area contributed by atoms with E-state index in [-0.39, 0.29) is 5.82 Å². The van der Waals surface area contributed by atoms with Crippen LogP contribution < -0.4 is 10.5 Å². The molecule has 2 heterocycles. The van der Waals surface area contributed by atoms with Crippen LogP contribution in [0.4, 0.5) is 4.39 Å². The molecule has 0 spiro atoms. The third kappa shape index (κ3) is 3.18. The molecule has 4 rings (SSSR count). The number of nitrogens with two attached hydrogens (primary N) is 1. The summed E-state index contributed by atoms with van der Waals surface area (Å²) in [6.07, 6.45) is 0.843. The molecule has 0 saturated carbocycles. The lowest BCUT2D eigenvalue weighted by Gasteiger charge is -2.09. The SMILES string of the molecule is NCCCOCc1cc2c(s1)-c1cc(F)ccc1Oc1ccccc1-2. The molecule has 2 aromatic carbocycles. The van der Waals surface area contributed by atoms with E-state index >= 15 is 0 Å². The predicted molar refractivity (Wildman–Crippen MR) is 98.6 cm³/mol. The fraction of sp³-hybridized carbons (Fsp3) is 0.200. The number of rotatable bonds is 5. The second-order valence-corrected chi connectivity index (χ2v) is 7.03. The van der Waals surface area contributed by atoms with E-state index in [1.807, 2.05) is 24.3 Å². The van der Waals surface area contributed by atoms with Crippen molar-refractivity contribution >= 4 is 11.3 Å². The van der Waals surface area contributed by atoms with Gasteiger partial charge < -0.3 is 15.2 Å². The molecule has 0 aliphatic carbocycles. The summed E-state index contributed by atoms with van der Waals surface area (Å²) in [6, 6.07) is 14.7. The van der Waals surface area contributed by atoms with E-state index in [1.54, 1.807) is 17.4 Å². The highest BCUT2D eigenvalue weighted by Gasteiger charge is 2.23. The molecule has 25 heavy (non-hydrogen) atoms. The molecule has 5 heteroatoms. The van der Waals surface area contributed by atoms with Crippen molar-refractivity contribution in [2.45, 2.75) is 13.0 Å². The van der Waals surface area contributed by atoms with Crippen molar-refractivity contribution in [2.24, 2.45) is 5.73 Å². The molecule has 0 atom stereocenters. The number of thiophene rings is 1. The van der Waals surface area contributed by atoms with Crippen LogP contribution in [0.25, 0.3) is 21.6 Å². The molecule has 0 radical (unpaired) electrons. The van der Waals surface area contributed by atoms with Crippen molar-refractivity contribution < 1.29 is 13.9 Å². The van der Waals surface area contributed by atoms with E-state index in [9.17, 15) is 4.39 Å². The number of benzene rings is 2. The van der Waals surface area contributed by atoms with Gasteiger partial charge in [-0.25, -0.2) is 4.39 Å². The van der Waals surface area contributed by atoms with Gasteiger partial charge in [-0.3, -0.25) is 0 Å². The van der Waals surface area contributed by atoms with Gasteiger partial charge in [-0.05, 0) is 43.3 Å². The third-order valence-electron chi connectivity index (χ3n) is 4.10. The second kappa shape index (κ2) is 6.96. The number of fused-ring (bicyclic) bond motifs is 5. The first kappa shape index (κ1) is 16.3. The van der Waals surface area contributed by atoms with Gasteiger partial charge in [0, 0.05) is 33.1 Å². The van der Waals surface area contributed by atoms with Gasteiger partial charge in [-0.2, -0.15) is 0 Å². The molecule has 1 aliphatic heterocycles. The fourth-order valence-electron chi connectivity index (χ4n) is 2.94. The first-order chi connectivity index (χ1) is 12.3. The number of ether oxygens (including phenoxy) is 2. The monoisotopic (exact) mass is 355 g/mol. The van der Waals surface area contributed by atoms with Crippen LogP contribution in [0.1, 0.15) is 11.3 Å². The van der Waals surface area contributed by atoms with Crippen molar-refractivity contribution in [3.63, 3.8) is 0 Å². The molecule has 1 aliphatic rings. The zero-order chi connectivity index (χ0) is 17.2. The molecule has 2 N–H and O–H groups in total. The van der Waals surface area contributed by atoms with Crippen LogP contribution in [0, 0.1) is 5.82 Å². The minimum Gasteiger partial charge on any atom is -0.456 e. The van der Waals surface area contributed by atoms with Crippen molar-refractivity contribution in [3.8, 4) is 33.1 Å². The average molecular weight is 355 g/mol. The molecular weight excluding hydrogens is 337 g/mol. The van der Waals surface area contributed by atoms with Crippen molar-refractivity contribution in [1.82, 2.24) is 0 Å². The van der Waals surface area contributed by atoms with Crippen LogP contribution in [-0.2, 0) is 11.3 Å². The molecular formula is C20H18FNO2S. The maximum absolute atomic E-state index is 13.9. The smallest absolute Gasteiger partial charge is 0.136 e. The molecule has 0 unspecified atom stereocenters. The number of para-hydroxylation sites is 1. The molecule has 0 fully saturated rings. The van der Waals surface area contributed by atoms with E-state index in [4.69, 9.17) is 15.2 Å². The lowest BCUT2D eigenvalue weighted by molar-refractivity contribution is 0.122. The molecule has 0 bridgehead atoms. The Labute approximate surface area is 149 Å². The number of halogens is 1. The average Bonchev–Trinajstić information content (AvgIpc) is 2.99. The lowest BCUT2D eigenvalue weighted by atomic mass is 10.0. The van der Waals surface area contributed by atoms with E-state index in [1.165, 1.54) is 12.1 Å². The summed E-state index contributed by atoms with van der Waals surface area (Å²) in [4.78, 5) is 2.12. The quantitative estimate of drug-likeness (QED) is 0.501. The third-order valence-corrected chi connectivity index (χ3v) is 5.25. The Morgan fingerprint density at radius 3 is 2.72 bits per heavy atom. The van der Waals surface area contributed by atoms with Crippen LogP contribution in [0.3, 0.4) is 0 Å². The van der Waals surface area contributed by atoms with Gasteiger partial charge >= 0.3 is 0 Å². The summed E-state index contributed by atoms with van der Waals surface area (Å²) in [5.74, 6) is 1.18. The van der Waals surface area contributed by atoms with Gasteiger partial charge in [0.05, 0.1) is 6.61 Å². The van der Waals surface area contributed by atoms with Gasteiger partial charge in [0.2, 0.25) is 0 Å². The first-order valence-corrected chi connectivity index (χ1v) is 9.05. The normalized spacial score (nSPS) is 11.9. The number of hydrogen-bond donors (Lipinski definition) is 1. The van der Waals surface area contributed by atoms with E-state index in [2.05, 4.69) is 6.07 Å². The topological polar surface area (TPSA) is 44.5 Å². The van der Waals surface area contributed by atoms with Crippen molar-refractivity contribution in [3.05, 3.63) is 59.2 Å². The summed E-state index contributed by atoms with van der Waals surface area (Å²) < 4.78 is 25.6. The van der Waals surface area contributed by atoms with Gasteiger partial charge in [0.15, 0.2) is 0 Å². The van der Waals surface area contributed by atoms with Crippen LogP contribution in [0.15, 0.2) is 48.5 Å². The van der Waals surface area contributed by atoms with Crippen LogP contribution >= 0.6 is 11.3 Å². The summed E-state index contributed by atoms with van der Waals surface area (Å²) in [5, 5.41) is 0. The summed E-state index contributed by atoms with van der Waals surface area (Å²) in [6.45, 7) is 1.80. The predicted octanol–water partition coefficient (Wildman–Crippen LogP) is 5.19. The zero-order valence-electron chi connectivity index (χ0n) is 13.6. The van der Waals surface area contributed by atoms with Gasteiger partial charge in [-0.1, -0.05) is 18.2 Å².